The van der Waals surface area contributed by atoms with Crippen molar-refractivity contribution in [3.8, 4) is 0 Å². The van der Waals surface area contributed by atoms with Crippen LogP contribution in [0.1, 0.15) is 26.5 Å². The van der Waals surface area contributed by atoms with Gasteiger partial charge in [-0.05, 0) is 60.7 Å². The number of benzene rings is 3. The first-order chi connectivity index (χ1) is 16.6. The number of amides is 4. The van der Waals surface area contributed by atoms with Crippen LogP contribution in [0.5, 0.6) is 0 Å². The Hall–Kier alpha value is -4.85. The molecule has 8 nitrogen and oxygen atoms in total. The van der Waals surface area contributed by atoms with E-state index in [0.717, 1.165) is 0 Å². The summed E-state index contributed by atoms with van der Waals surface area (Å²) < 4.78 is 5.22. The normalized spacial score (nSPS) is 10.2. The Kier molecular flexibility index (Phi) is 7.00. The fourth-order valence-electron chi connectivity index (χ4n) is 3.18. The molecule has 1 aromatic heterocycles. The Labute approximate surface area is 196 Å². The number of rotatable bonds is 7. The minimum absolute atomic E-state index is 0.237. The molecule has 3 aromatic carbocycles. The van der Waals surface area contributed by atoms with Gasteiger partial charge in [0.05, 0.1) is 24.1 Å². The van der Waals surface area contributed by atoms with Crippen molar-refractivity contribution in [3.05, 3.63) is 114 Å². The summed E-state index contributed by atoms with van der Waals surface area (Å²) in [4.78, 5) is 37.5. The van der Waals surface area contributed by atoms with Crippen LogP contribution in [0.25, 0.3) is 0 Å². The lowest BCUT2D eigenvalue weighted by Crippen LogP contribution is -2.24. The van der Waals surface area contributed by atoms with Crippen molar-refractivity contribution < 1.29 is 18.8 Å². The molecule has 8 heteroatoms. The molecular formula is C26H22N4O4. The smallest absolute Gasteiger partial charge is 0.323 e. The van der Waals surface area contributed by atoms with Crippen LogP contribution < -0.4 is 21.3 Å². The lowest BCUT2D eigenvalue weighted by Gasteiger charge is -2.12. The van der Waals surface area contributed by atoms with Crippen LogP contribution >= 0.6 is 0 Å². The van der Waals surface area contributed by atoms with Crippen molar-refractivity contribution in [2.24, 2.45) is 0 Å². The first kappa shape index (κ1) is 22.3. The van der Waals surface area contributed by atoms with E-state index in [9.17, 15) is 14.4 Å². The van der Waals surface area contributed by atoms with Crippen LogP contribution in [0.15, 0.2) is 102 Å². The maximum Gasteiger partial charge on any atom is 0.323 e. The zero-order valence-corrected chi connectivity index (χ0v) is 18.1. The zero-order chi connectivity index (χ0) is 23.8. The lowest BCUT2D eigenvalue weighted by molar-refractivity contribution is 0.0949. The van der Waals surface area contributed by atoms with Gasteiger partial charge < -0.3 is 25.7 Å². The molecule has 0 saturated carbocycles. The molecule has 170 valence electrons. The highest BCUT2D eigenvalue weighted by atomic mass is 16.3. The average Bonchev–Trinajstić information content (AvgIpc) is 3.38. The third kappa shape index (κ3) is 5.89. The molecule has 34 heavy (non-hydrogen) atoms. The van der Waals surface area contributed by atoms with E-state index in [4.69, 9.17) is 4.42 Å². The highest BCUT2D eigenvalue weighted by Gasteiger charge is 2.14. The van der Waals surface area contributed by atoms with Gasteiger partial charge in [-0.25, -0.2) is 4.79 Å². The third-order valence-corrected chi connectivity index (χ3v) is 4.86. The molecule has 1 heterocycles. The number of hydrogen-bond donors (Lipinski definition) is 4. The van der Waals surface area contributed by atoms with E-state index < -0.39 is 6.03 Å². The number of para-hydroxylation sites is 2. The molecule has 0 aliphatic rings. The van der Waals surface area contributed by atoms with Gasteiger partial charge in [0, 0.05) is 16.9 Å². The molecule has 0 aliphatic carbocycles. The fourth-order valence-corrected chi connectivity index (χ4v) is 3.18. The predicted molar refractivity (Wildman–Crippen MR) is 130 cm³/mol. The summed E-state index contributed by atoms with van der Waals surface area (Å²) in [7, 11) is 0. The Bertz CT molecular complexity index is 1270. The molecule has 0 saturated heterocycles. The lowest BCUT2D eigenvalue weighted by atomic mass is 10.1. The minimum Gasteiger partial charge on any atom is -0.467 e. The van der Waals surface area contributed by atoms with Crippen molar-refractivity contribution in [3.63, 3.8) is 0 Å². The van der Waals surface area contributed by atoms with E-state index >= 15 is 0 Å². The zero-order valence-electron chi connectivity index (χ0n) is 18.1. The summed E-state index contributed by atoms with van der Waals surface area (Å²) in [6.45, 7) is 0.237. The standard InChI is InChI=1S/C26H22N4O4/c31-24(18-12-14-20(15-13-18)29-26(33)28-19-7-2-1-3-8-19)30-23-11-5-4-10-22(23)25(32)27-17-21-9-6-16-34-21/h1-16H,17H2,(H,27,32)(H,30,31)(H2,28,29,33). The van der Waals surface area contributed by atoms with Crippen LogP contribution in [0.4, 0.5) is 21.9 Å². The van der Waals surface area contributed by atoms with Crippen LogP contribution in [0, 0.1) is 0 Å². The van der Waals surface area contributed by atoms with E-state index in [1.54, 1.807) is 72.8 Å². The maximum atomic E-state index is 12.8. The largest absolute Gasteiger partial charge is 0.467 e. The fraction of sp³-hybridized carbons (Fsp3) is 0.0385. The van der Waals surface area contributed by atoms with E-state index in [-0.39, 0.29) is 18.4 Å². The Balaban J connectivity index is 1.36. The second-order valence-corrected chi connectivity index (χ2v) is 7.28. The summed E-state index contributed by atoms with van der Waals surface area (Å²) in [5.74, 6) is -0.0936. The second kappa shape index (κ2) is 10.6. The van der Waals surface area contributed by atoms with E-state index in [1.165, 1.54) is 6.26 Å². The SMILES string of the molecule is O=C(Nc1ccccc1)Nc1ccc(C(=O)Nc2ccccc2C(=O)NCc2ccco2)cc1. The summed E-state index contributed by atoms with van der Waals surface area (Å²) in [6.07, 6.45) is 1.53. The molecule has 4 rings (SSSR count). The van der Waals surface area contributed by atoms with Crippen molar-refractivity contribution in [1.82, 2.24) is 5.32 Å². The van der Waals surface area contributed by atoms with Crippen LogP contribution in [0.3, 0.4) is 0 Å². The first-order valence-electron chi connectivity index (χ1n) is 10.5. The molecule has 0 fully saturated rings. The number of anilines is 3. The molecule has 4 N–H and O–H groups in total. The van der Waals surface area contributed by atoms with E-state index in [0.29, 0.717) is 33.9 Å². The molecule has 0 atom stereocenters. The predicted octanol–water partition coefficient (Wildman–Crippen LogP) is 5.11. The van der Waals surface area contributed by atoms with Crippen molar-refractivity contribution >= 4 is 34.9 Å². The Morgan fingerprint density at radius 2 is 1.32 bits per heavy atom. The molecule has 0 aliphatic heterocycles. The van der Waals surface area contributed by atoms with Gasteiger partial charge in [0.1, 0.15) is 5.76 Å². The van der Waals surface area contributed by atoms with Gasteiger partial charge in [0.15, 0.2) is 0 Å². The maximum absolute atomic E-state index is 12.8. The van der Waals surface area contributed by atoms with Crippen LogP contribution in [0.2, 0.25) is 0 Å². The highest BCUT2D eigenvalue weighted by Crippen LogP contribution is 2.18. The van der Waals surface area contributed by atoms with E-state index in [2.05, 4.69) is 21.3 Å². The van der Waals surface area contributed by atoms with Crippen LogP contribution in [-0.4, -0.2) is 17.8 Å². The molecule has 0 radical (unpaired) electrons. The van der Waals surface area contributed by atoms with Gasteiger partial charge in [-0.1, -0.05) is 30.3 Å². The molecule has 4 amide bonds. The van der Waals surface area contributed by atoms with Gasteiger partial charge in [0.25, 0.3) is 11.8 Å². The monoisotopic (exact) mass is 454 g/mol. The molecule has 0 spiro atoms. The van der Waals surface area contributed by atoms with Gasteiger partial charge in [0.2, 0.25) is 0 Å². The first-order valence-corrected chi connectivity index (χ1v) is 10.5. The summed E-state index contributed by atoms with van der Waals surface area (Å²) >= 11 is 0. The van der Waals surface area contributed by atoms with Gasteiger partial charge in [-0.15, -0.1) is 0 Å². The number of carbonyl (C=O) groups excluding carboxylic acids is 3. The van der Waals surface area contributed by atoms with Gasteiger partial charge >= 0.3 is 6.03 Å². The molecule has 0 unspecified atom stereocenters. The Morgan fingerprint density at radius 3 is 2.03 bits per heavy atom. The number of furan rings is 1. The van der Waals surface area contributed by atoms with Crippen molar-refractivity contribution in [2.75, 3.05) is 16.0 Å². The number of hydrogen-bond acceptors (Lipinski definition) is 4. The van der Waals surface area contributed by atoms with Gasteiger partial charge in [-0.2, -0.15) is 0 Å². The summed E-state index contributed by atoms with van der Waals surface area (Å²) in [6, 6.07) is 25.4. The molecular weight excluding hydrogens is 432 g/mol. The highest BCUT2D eigenvalue weighted by molar-refractivity contribution is 6.09. The second-order valence-electron chi connectivity index (χ2n) is 7.28. The number of urea groups is 1. The average molecular weight is 454 g/mol. The van der Waals surface area contributed by atoms with E-state index in [1.807, 2.05) is 18.2 Å². The topological polar surface area (TPSA) is 112 Å². The van der Waals surface area contributed by atoms with Gasteiger partial charge in [-0.3, -0.25) is 9.59 Å². The molecule has 4 aromatic rings. The van der Waals surface area contributed by atoms with Crippen molar-refractivity contribution in [1.29, 1.82) is 0 Å². The minimum atomic E-state index is -0.391. The third-order valence-electron chi connectivity index (χ3n) is 4.86. The molecule has 0 bridgehead atoms. The summed E-state index contributed by atoms with van der Waals surface area (Å²) in [5.41, 5.74) is 2.29. The van der Waals surface area contributed by atoms with Crippen LogP contribution in [-0.2, 0) is 6.54 Å². The number of nitrogens with one attached hydrogen (secondary N) is 4. The van der Waals surface area contributed by atoms with Crippen molar-refractivity contribution in [2.45, 2.75) is 6.54 Å². The number of carbonyl (C=O) groups is 3. The quantitative estimate of drug-likeness (QED) is 0.311. The Morgan fingerprint density at radius 1 is 0.647 bits per heavy atom. The summed E-state index contributed by atoms with van der Waals surface area (Å²) in [5, 5.41) is 11.0.